The van der Waals surface area contributed by atoms with Crippen LogP contribution in [-0.4, -0.2) is 35.0 Å². The Balaban J connectivity index is 1.49. The molecular formula is C23H25N7S. The SMILES string of the molecule is CC(C)(C)c1ccc(-c2nnc(SCc3nnnn3C3CC3)n2-c2ccccc2)cc1. The molecule has 7 nitrogen and oxygen atoms in total. The van der Waals surface area contributed by atoms with Crippen molar-refractivity contribution < 1.29 is 0 Å². The Morgan fingerprint density at radius 2 is 1.68 bits per heavy atom. The second-order valence-electron chi connectivity index (χ2n) is 8.86. The fraction of sp³-hybridized carbons (Fsp3) is 0.348. The van der Waals surface area contributed by atoms with Gasteiger partial charge in [-0.05, 0) is 46.4 Å². The van der Waals surface area contributed by atoms with Gasteiger partial charge in [0.15, 0.2) is 16.8 Å². The molecule has 2 aromatic heterocycles. The molecule has 0 radical (unpaired) electrons. The van der Waals surface area contributed by atoms with Crippen LogP contribution in [0.5, 0.6) is 0 Å². The van der Waals surface area contributed by atoms with Gasteiger partial charge in [0.1, 0.15) is 0 Å². The number of para-hydroxylation sites is 1. The van der Waals surface area contributed by atoms with E-state index in [0.29, 0.717) is 11.8 Å². The van der Waals surface area contributed by atoms with Crippen molar-refractivity contribution in [2.24, 2.45) is 0 Å². The van der Waals surface area contributed by atoms with Gasteiger partial charge in [-0.25, -0.2) is 4.68 Å². The molecule has 2 aromatic carbocycles. The molecule has 0 saturated heterocycles. The first kappa shape index (κ1) is 19.9. The van der Waals surface area contributed by atoms with Gasteiger partial charge in [0.25, 0.3) is 0 Å². The van der Waals surface area contributed by atoms with Gasteiger partial charge in [0.2, 0.25) is 0 Å². The maximum Gasteiger partial charge on any atom is 0.196 e. The zero-order valence-electron chi connectivity index (χ0n) is 17.9. The van der Waals surface area contributed by atoms with Gasteiger partial charge >= 0.3 is 0 Å². The minimum absolute atomic E-state index is 0.109. The van der Waals surface area contributed by atoms with Crippen molar-refractivity contribution in [1.29, 1.82) is 0 Å². The van der Waals surface area contributed by atoms with Gasteiger partial charge in [0.05, 0.1) is 11.8 Å². The summed E-state index contributed by atoms with van der Waals surface area (Å²) in [6.45, 7) is 6.66. The molecule has 4 aromatic rings. The molecule has 0 spiro atoms. The predicted molar refractivity (Wildman–Crippen MR) is 121 cm³/mol. The van der Waals surface area contributed by atoms with E-state index in [9.17, 15) is 0 Å². The van der Waals surface area contributed by atoms with E-state index >= 15 is 0 Å². The van der Waals surface area contributed by atoms with Crippen molar-refractivity contribution in [1.82, 2.24) is 35.0 Å². The molecular weight excluding hydrogens is 406 g/mol. The molecule has 1 aliphatic carbocycles. The fourth-order valence-electron chi connectivity index (χ4n) is 3.52. The van der Waals surface area contributed by atoms with Crippen molar-refractivity contribution in [3.8, 4) is 17.1 Å². The zero-order valence-corrected chi connectivity index (χ0v) is 18.8. The van der Waals surface area contributed by atoms with Gasteiger partial charge in [0, 0.05) is 11.3 Å². The summed E-state index contributed by atoms with van der Waals surface area (Å²) in [7, 11) is 0. The van der Waals surface area contributed by atoms with Crippen LogP contribution in [0.4, 0.5) is 0 Å². The molecule has 0 unspecified atom stereocenters. The van der Waals surface area contributed by atoms with E-state index in [1.165, 1.54) is 5.56 Å². The first-order valence-electron chi connectivity index (χ1n) is 10.5. The van der Waals surface area contributed by atoms with E-state index in [0.717, 1.165) is 40.9 Å². The number of hydrogen-bond acceptors (Lipinski definition) is 6. The molecule has 0 bridgehead atoms. The van der Waals surface area contributed by atoms with Crippen LogP contribution in [0.15, 0.2) is 59.8 Å². The highest BCUT2D eigenvalue weighted by atomic mass is 32.2. The quantitative estimate of drug-likeness (QED) is 0.407. The van der Waals surface area contributed by atoms with Crippen LogP contribution in [0.2, 0.25) is 0 Å². The van der Waals surface area contributed by atoms with Crippen LogP contribution < -0.4 is 0 Å². The molecule has 31 heavy (non-hydrogen) atoms. The van der Waals surface area contributed by atoms with Crippen LogP contribution in [0.3, 0.4) is 0 Å². The smallest absolute Gasteiger partial charge is 0.196 e. The highest BCUT2D eigenvalue weighted by Gasteiger charge is 2.28. The van der Waals surface area contributed by atoms with Gasteiger partial charge in [-0.3, -0.25) is 4.57 Å². The van der Waals surface area contributed by atoms with Crippen LogP contribution >= 0.6 is 11.8 Å². The Labute approximate surface area is 185 Å². The zero-order chi connectivity index (χ0) is 21.4. The minimum atomic E-state index is 0.109. The summed E-state index contributed by atoms with van der Waals surface area (Å²) in [5.74, 6) is 2.36. The highest BCUT2D eigenvalue weighted by molar-refractivity contribution is 7.98. The fourth-order valence-corrected chi connectivity index (χ4v) is 4.39. The number of aromatic nitrogens is 7. The van der Waals surface area contributed by atoms with Crippen LogP contribution in [0, 0.1) is 0 Å². The third-order valence-electron chi connectivity index (χ3n) is 5.44. The number of nitrogens with zero attached hydrogens (tertiary/aromatic N) is 7. The summed E-state index contributed by atoms with van der Waals surface area (Å²) in [6.07, 6.45) is 2.30. The lowest BCUT2D eigenvalue weighted by molar-refractivity contribution is 0.590. The van der Waals surface area contributed by atoms with Crippen molar-refractivity contribution >= 4 is 11.8 Å². The number of rotatable bonds is 6. The average molecular weight is 432 g/mol. The monoisotopic (exact) mass is 431 g/mol. The maximum atomic E-state index is 4.56. The summed E-state index contributed by atoms with van der Waals surface area (Å²) in [5.41, 5.74) is 3.48. The molecule has 0 atom stereocenters. The number of benzene rings is 2. The minimum Gasteiger partial charge on any atom is -0.270 e. The Bertz CT molecular complexity index is 1170. The topological polar surface area (TPSA) is 74.3 Å². The normalized spacial score (nSPS) is 14.2. The molecule has 1 aliphatic rings. The second-order valence-corrected chi connectivity index (χ2v) is 9.81. The predicted octanol–water partition coefficient (Wildman–Crippen LogP) is 4.85. The Morgan fingerprint density at radius 1 is 0.935 bits per heavy atom. The van der Waals surface area contributed by atoms with Crippen molar-refractivity contribution in [2.45, 2.75) is 56.0 Å². The molecule has 0 N–H and O–H groups in total. The summed E-state index contributed by atoms with van der Waals surface area (Å²) in [6, 6.07) is 19.3. The van der Waals surface area contributed by atoms with Crippen molar-refractivity contribution in [3.05, 3.63) is 66.0 Å². The van der Waals surface area contributed by atoms with E-state index in [2.05, 4.69) is 87.5 Å². The number of tetrazole rings is 1. The molecule has 8 heteroatoms. The average Bonchev–Trinajstić information content (AvgIpc) is 3.35. The molecule has 1 saturated carbocycles. The molecule has 158 valence electrons. The lowest BCUT2D eigenvalue weighted by atomic mass is 9.87. The van der Waals surface area contributed by atoms with E-state index < -0.39 is 0 Å². The van der Waals surface area contributed by atoms with Crippen LogP contribution in [0.1, 0.15) is 51.0 Å². The maximum absolute atomic E-state index is 4.56. The Hall–Kier alpha value is -3.00. The van der Waals surface area contributed by atoms with Crippen LogP contribution in [0.25, 0.3) is 17.1 Å². The summed E-state index contributed by atoms with van der Waals surface area (Å²) in [4.78, 5) is 0. The number of hydrogen-bond donors (Lipinski definition) is 0. The second kappa shape index (κ2) is 7.92. The van der Waals surface area contributed by atoms with Crippen LogP contribution in [-0.2, 0) is 11.2 Å². The third-order valence-corrected chi connectivity index (χ3v) is 6.37. The summed E-state index contributed by atoms with van der Waals surface area (Å²) >= 11 is 1.61. The van der Waals surface area contributed by atoms with E-state index in [-0.39, 0.29) is 5.41 Å². The van der Waals surface area contributed by atoms with Gasteiger partial charge < -0.3 is 0 Å². The van der Waals surface area contributed by atoms with Crippen molar-refractivity contribution in [3.63, 3.8) is 0 Å². The first-order valence-corrected chi connectivity index (χ1v) is 11.5. The largest absolute Gasteiger partial charge is 0.270 e. The van der Waals surface area contributed by atoms with E-state index in [1.54, 1.807) is 11.8 Å². The molecule has 2 heterocycles. The standard InChI is InChI=1S/C23H25N7S/c1-23(2,3)17-11-9-16(10-12-17)21-25-26-22(29(21)18-7-5-4-6-8-18)31-15-20-24-27-28-30(20)19-13-14-19/h4-12,19H,13-15H2,1-3H3. The Kier molecular flexibility index (Phi) is 5.09. The highest BCUT2D eigenvalue weighted by Crippen LogP contribution is 2.36. The molecule has 0 aliphatic heterocycles. The van der Waals surface area contributed by atoms with Gasteiger partial charge in [-0.1, -0.05) is 75.0 Å². The molecule has 5 rings (SSSR count). The van der Waals surface area contributed by atoms with Crippen molar-refractivity contribution in [2.75, 3.05) is 0 Å². The summed E-state index contributed by atoms with van der Waals surface area (Å²) < 4.78 is 4.06. The van der Waals surface area contributed by atoms with E-state index in [4.69, 9.17) is 0 Å². The van der Waals surface area contributed by atoms with Gasteiger partial charge in [-0.15, -0.1) is 15.3 Å². The lowest BCUT2D eigenvalue weighted by Crippen LogP contribution is -2.10. The van der Waals surface area contributed by atoms with Gasteiger partial charge in [-0.2, -0.15) is 0 Å². The first-order chi connectivity index (χ1) is 15.0. The molecule has 1 fully saturated rings. The Morgan fingerprint density at radius 3 is 2.35 bits per heavy atom. The lowest BCUT2D eigenvalue weighted by Gasteiger charge is -2.19. The number of thioether (sulfide) groups is 1. The van der Waals surface area contributed by atoms with E-state index in [1.807, 2.05) is 22.9 Å². The summed E-state index contributed by atoms with van der Waals surface area (Å²) in [5, 5.41) is 22.1. The third kappa shape index (κ3) is 4.12. The molecule has 0 amide bonds.